The summed E-state index contributed by atoms with van der Waals surface area (Å²) >= 11 is 0. The number of benzene rings is 10. The van der Waals surface area contributed by atoms with E-state index in [1.54, 1.807) is 0 Å². The normalized spacial score (nSPS) is 11.6. The van der Waals surface area contributed by atoms with Crippen LogP contribution in [-0.2, 0) is 0 Å². The van der Waals surface area contributed by atoms with Crippen molar-refractivity contribution in [3.63, 3.8) is 0 Å². The second-order valence-corrected chi connectivity index (χ2v) is 16.2. The predicted octanol–water partition coefficient (Wildman–Crippen LogP) is 18.1. The Morgan fingerprint density at radius 1 is 0.369 bits per heavy atom. The lowest BCUT2D eigenvalue weighted by molar-refractivity contribution is 1.29. The van der Waals surface area contributed by atoms with Gasteiger partial charge in [-0.3, -0.25) is 0 Å². The summed E-state index contributed by atoms with van der Waals surface area (Å²) in [6, 6.07) is 85.4. The zero-order valence-corrected chi connectivity index (χ0v) is 36.4. The molecule has 0 atom stereocenters. The molecule has 0 amide bonds. The topological polar surface area (TPSA) is 6.48 Å². The molecule has 0 bridgehead atoms. The average molecular weight is 833 g/mol. The molecule has 10 aromatic rings. The monoisotopic (exact) mass is 832 g/mol. The first kappa shape index (κ1) is 40.6. The molecular formula is C63H48N2. The van der Waals surface area contributed by atoms with Gasteiger partial charge in [-0.25, -0.2) is 0 Å². The van der Waals surface area contributed by atoms with Crippen LogP contribution < -0.4 is 9.80 Å². The first-order valence-corrected chi connectivity index (χ1v) is 22.2. The van der Waals surface area contributed by atoms with E-state index in [1.165, 1.54) is 43.8 Å². The number of hydrogen-bond acceptors (Lipinski definition) is 2. The van der Waals surface area contributed by atoms with Crippen LogP contribution in [0.4, 0.5) is 34.1 Å². The van der Waals surface area contributed by atoms with Gasteiger partial charge in [0, 0.05) is 33.5 Å². The maximum Gasteiger partial charge on any atom is 0.0540 e. The van der Waals surface area contributed by atoms with Crippen LogP contribution in [0, 0.1) is 0 Å². The highest BCUT2D eigenvalue weighted by Gasteiger charge is 2.18. The second-order valence-electron chi connectivity index (χ2n) is 16.2. The van der Waals surface area contributed by atoms with Crippen LogP contribution in [0.25, 0.3) is 60.5 Å². The van der Waals surface area contributed by atoms with Crippen LogP contribution in [0.15, 0.2) is 267 Å². The van der Waals surface area contributed by atoms with E-state index < -0.39 is 0 Å². The van der Waals surface area contributed by atoms with Crippen LogP contribution >= 0.6 is 0 Å². The fourth-order valence-electron chi connectivity index (χ4n) is 8.94. The Kier molecular flexibility index (Phi) is 11.5. The summed E-state index contributed by atoms with van der Waals surface area (Å²) in [6.45, 7) is 5.98. The molecule has 0 N–H and O–H groups in total. The summed E-state index contributed by atoms with van der Waals surface area (Å²) in [5.41, 5.74) is 16.0. The van der Waals surface area contributed by atoms with Gasteiger partial charge in [-0.15, -0.1) is 0 Å². The summed E-state index contributed by atoms with van der Waals surface area (Å²) in [7, 11) is 0. The van der Waals surface area contributed by atoms with E-state index in [1.807, 2.05) is 19.1 Å². The first-order chi connectivity index (χ1) is 32.1. The molecule has 0 heterocycles. The van der Waals surface area contributed by atoms with Gasteiger partial charge in [-0.05, 0) is 129 Å². The molecule has 2 heteroatoms. The highest BCUT2D eigenvalue weighted by atomic mass is 15.1. The molecule has 0 aliphatic heterocycles. The minimum atomic E-state index is 1.09. The van der Waals surface area contributed by atoms with Crippen molar-refractivity contribution in [2.75, 3.05) is 9.80 Å². The van der Waals surface area contributed by atoms with E-state index in [0.717, 1.165) is 56.4 Å². The molecule has 0 spiro atoms. The number of allylic oxidation sites excluding steroid dienone is 5. The third-order valence-corrected chi connectivity index (χ3v) is 12.1. The van der Waals surface area contributed by atoms with Gasteiger partial charge in [0.15, 0.2) is 0 Å². The second kappa shape index (κ2) is 18.5. The largest absolute Gasteiger partial charge is 0.310 e. The van der Waals surface area contributed by atoms with Gasteiger partial charge < -0.3 is 9.80 Å². The molecule has 10 aromatic carbocycles. The van der Waals surface area contributed by atoms with Crippen molar-refractivity contribution in [3.05, 3.63) is 273 Å². The molecule has 0 unspecified atom stereocenters. The maximum atomic E-state index is 3.94. The van der Waals surface area contributed by atoms with Crippen LogP contribution in [0.5, 0.6) is 0 Å². The average Bonchev–Trinajstić information content (AvgIpc) is 3.38. The Morgan fingerprint density at radius 3 is 1.20 bits per heavy atom. The number of fused-ring (bicyclic) bond motifs is 2. The van der Waals surface area contributed by atoms with Crippen molar-refractivity contribution >= 4 is 61.2 Å². The molecule has 2 nitrogen and oxygen atoms in total. The quantitative estimate of drug-likeness (QED) is 0.113. The van der Waals surface area contributed by atoms with Crippen LogP contribution in [0.1, 0.15) is 12.5 Å². The maximum absolute atomic E-state index is 3.94. The lowest BCUT2D eigenvalue weighted by atomic mass is 9.98. The predicted molar refractivity (Wildman–Crippen MR) is 280 cm³/mol. The van der Waals surface area contributed by atoms with Crippen molar-refractivity contribution in [2.45, 2.75) is 6.92 Å². The highest BCUT2D eigenvalue weighted by molar-refractivity contribution is 6.00. The Bertz CT molecular complexity index is 3300. The zero-order valence-electron chi connectivity index (χ0n) is 36.4. The fraction of sp³-hybridized carbons (Fsp3) is 0.0159. The van der Waals surface area contributed by atoms with Gasteiger partial charge in [0.1, 0.15) is 0 Å². The van der Waals surface area contributed by atoms with Crippen molar-refractivity contribution in [2.24, 2.45) is 0 Å². The van der Waals surface area contributed by atoms with Gasteiger partial charge in [0.05, 0.1) is 11.4 Å². The molecule has 0 fully saturated rings. The molecule has 0 aliphatic rings. The van der Waals surface area contributed by atoms with Crippen LogP contribution in [-0.4, -0.2) is 0 Å². The molecule has 10 rings (SSSR count). The number of rotatable bonds is 12. The number of nitrogens with zero attached hydrogens (tertiary/aromatic N) is 2. The molecule has 0 saturated heterocycles. The Balaban J connectivity index is 0.970. The van der Waals surface area contributed by atoms with E-state index >= 15 is 0 Å². The molecule has 65 heavy (non-hydrogen) atoms. The van der Waals surface area contributed by atoms with E-state index in [0.29, 0.717) is 0 Å². The highest BCUT2D eigenvalue weighted by Crippen LogP contribution is 2.42. The SMILES string of the molecule is C=C/C=C(\C=C/C)c1ccc(N(c2ccc(-c3cccc(-c4ccc(N(c5ccc(-c6ccccc6)cc5)c5cccc6ccccc56)cc4)c3)cc2)c2cccc3ccccc23)cc1. The van der Waals surface area contributed by atoms with E-state index in [2.05, 4.69) is 265 Å². The smallest absolute Gasteiger partial charge is 0.0540 e. The Hall–Kier alpha value is -8.46. The van der Waals surface area contributed by atoms with E-state index in [4.69, 9.17) is 0 Å². The van der Waals surface area contributed by atoms with Crippen molar-refractivity contribution in [1.82, 2.24) is 0 Å². The zero-order chi connectivity index (χ0) is 44.0. The van der Waals surface area contributed by atoms with Crippen molar-refractivity contribution < 1.29 is 0 Å². The van der Waals surface area contributed by atoms with E-state index in [-0.39, 0.29) is 0 Å². The van der Waals surface area contributed by atoms with Gasteiger partial charge in [-0.2, -0.15) is 0 Å². The summed E-state index contributed by atoms with van der Waals surface area (Å²) in [5.74, 6) is 0. The van der Waals surface area contributed by atoms with Crippen LogP contribution in [0.3, 0.4) is 0 Å². The summed E-state index contributed by atoms with van der Waals surface area (Å²) < 4.78 is 0. The van der Waals surface area contributed by atoms with Gasteiger partial charge in [0.25, 0.3) is 0 Å². The fourth-order valence-corrected chi connectivity index (χ4v) is 8.94. The van der Waals surface area contributed by atoms with Crippen molar-refractivity contribution in [1.29, 1.82) is 0 Å². The standard InChI is InChI=1S/C63H48N2/c1-3-15-46(16-4-2)48-29-37-56(38-30-48)64(62-27-13-21-52-19-8-10-25-60(52)62)58-41-33-50(34-42-58)54-23-12-24-55(45-54)51-35-43-59(44-36-51)65(63-28-14-22-53-20-9-11-26-61(53)63)57-39-31-49(32-40-57)47-17-6-5-7-18-47/h3-45H,1H2,2H3/b16-4-,46-15+. The first-order valence-electron chi connectivity index (χ1n) is 22.2. The Labute approximate surface area is 382 Å². The minimum absolute atomic E-state index is 1.09. The van der Waals surface area contributed by atoms with Crippen molar-refractivity contribution in [3.8, 4) is 33.4 Å². The summed E-state index contributed by atoms with van der Waals surface area (Å²) in [5, 5.41) is 4.82. The van der Waals surface area contributed by atoms with Crippen LogP contribution in [0.2, 0.25) is 0 Å². The number of anilines is 6. The molecular weight excluding hydrogens is 785 g/mol. The molecule has 0 aromatic heterocycles. The molecule has 0 saturated carbocycles. The van der Waals surface area contributed by atoms with Gasteiger partial charge >= 0.3 is 0 Å². The molecule has 310 valence electrons. The third kappa shape index (κ3) is 8.42. The van der Waals surface area contributed by atoms with E-state index in [9.17, 15) is 0 Å². The molecule has 0 radical (unpaired) electrons. The molecule has 0 aliphatic carbocycles. The van der Waals surface area contributed by atoms with Gasteiger partial charge in [-0.1, -0.05) is 201 Å². The minimum Gasteiger partial charge on any atom is -0.310 e. The third-order valence-electron chi connectivity index (χ3n) is 12.1. The lowest BCUT2D eigenvalue weighted by Crippen LogP contribution is -2.10. The lowest BCUT2D eigenvalue weighted by Gasteiger charge is -2.27. The summed E-state index contributed by atoms with van der Waals surface area (Å²) in [4.78, 5) is 4.73. The number of hydrogen-bond donors (Lipinski definition) is 0. The Morgan fingerprint density at radius 2 is 0.738 bits per heavy atom. The van der Waals surface area contributed by atoms with Gasteiger partial charge in [0.2, 0.25) is 0 Å². The summed E-state index contributed by atoms with van der Waals surface area (Å²) in [6.07, 6.45) is 8.08.